The minimum Gasteiger partial charge on any atom is -0.495 e. The van der Waals surface area contributed by atoms with E-state index >= 15 is 0 Å². The van der Waals surface area contributed by atoms with Crippen molar-refractivity contribution in [1.29, 1.82) is 0 Å². The van der Waals surface area contributed by atoms with E-state index in [-0.39, 0.29) is 0 Å². The summed E-state index contributed by atoms with van der Waals surface area (Å²) >= 11 is 0. The van der Waals surface area contributed by atoms with Crippen LogP contribution in [-0.4, -0.2) is 17.1 Å². The molecule has 4 nitrogen and oxygen atoms in total. The van der Waals surface area contributed by atoms with Gasteiger partial charge >= 0.3 is 0 Å². The summed E-state index contributed by atoms with van der Waals surface area (Å²) in [6, 6.07) is 7.51. The lowest BCUT2D eigenvalue weighted by atomic mass is 10.1. The van der Waals surface area contributed by atoms with E-state index in [1.165, 1.54) is 0 Å². The Morgan fingerprint density at radius 1 is 1.25 bits per heavy atom. The number of nitrogens with zero attached hydrogens (tertiary/aromatic N) is 2. The molecule has 4 heteroatoms. The van der Waals surface area contributed by atoms with Crippen molar-refractivity contribution in [2.24, 2.45) is 0 Å². The third-order valence-corrected chi connectivity index (χ3v) is 2.29. The van der Waals surface area contributed by atoms with Crippen LogP contribution in [0.1, 0.15) is 11.3 Å². The summed E-state index contributed by atoms with van der Waals surface area (Å²) in [5, 5.41) is 0. The Morgan fingerprint density at radius 3 is 2.88 bits per heavy atom. The molecule has 2 N–H and O–H groups in total. The van der Waals surface area contributed by atoms with E-state index < -0.39 is 0 Å². The van der Waals surface area contributed by atoms with Gasteiger partial charge in [0.1, 0.15) is 11.6 Å². The van der Waals surface area contributed by atoms with Crippen LogP contribution in [0.25, 0.3) is 0 Å². The first kappa shape index (κ1) is 10.4. The molecule has 16 heavy (non-hydrogen) atoms. The monoisotopic (exact) mass is 215 g/mol. The summed E-state index contributed by atoms with van der Waals surface area (Å²) in [6.45, 7) is 0. The number of nitrogens with two attached hydrogens (primary N) is 1. The van der Waals surface area contributed by atoms with E-state index in [4.69, 9.17) is 10.5 Å². The Morgan fingerprint density at radius 2 is 2.12 bits per heavy atom. The highest BCUT2D eigenvalue weighted by Crippen LogP contribution is 2.18. The second-order valence-electron chi connectivity index (χ2n) is 3.42. The molecule has 0 saturated heterocycles. The van der Waals surface area contributed by atoms with Crippen LogP contribution in [0.2, 0.25) is 0 Å². The zero-order chi connectivity index (χ0) is 11.4. The van der Waals surface area contributed by atoms with Gasteiger partial charge in [-0.1, -0.05) is 0 Å². The molecule has 2 aromatic heterocycles. The number of aromatic nitrogens is 2. The molecule has 0 saturated carbocycles. The van der Waals surface area contributed by atoms with Gasteiger partial charge in [-0.3, -0.25) is 4.98 Å². The molecular formula is C12H13N3O. The van der Waals surface area contributed by atoms with E-state index in [1.807, 2.05) is 24.3 Å². The van der Waals surface area contributed by atoms with Crippen LogP contribution < -0.4 is 10.5 Å². The van der Waals surface area contributed by atoms with Crippen LogP contribution in [0.3, 0.4) is 0 Å². The number of anilines is 1. The number of pyridine rings is 2. The Hall–Kier alpha value is -2.10. The highest BCUT2D eigenvalue weighted by Gasteiger charge is 2.04. The van der Waals surface area contributed by atoms with Crippen molar-refractivity contribution in [1.82, 2.24) is 9.97 Å². The normalized spacial score (nSPS) is 10.1. The van der Waals surface area contributed by atoms with Crippen LogP contribution in [0.4, 0.5) is 5.82 Å². The molecule has 0 aromatic carbocycles. The van der Waals surface area contributed by atoms with Crippen molar-refractivity contribution in [2.45, 2.75) is 6.42 Å². The standard InChI is InChI=1S/C12H13N3O/c1-16-11-3-2-5-14-10(11)7-9-4-6-15-12(13)8-9/h2-6,8H,7H2,1H3,(H2,13,15). The first-order valence-electron chi connectivity index (χ1n) is 4.98. The highest BCUT2D eigenvalue weighted by atomic mass is 16.5. The zero-order valence-corrected chi connectivity index (χ0v) is 9.05. The number of ether oxygens (including phenoxy) is 1. The van der Waals surface area contributed by atoms with Gasteiger partial charge in [0.25, 0.3) is 0 Å². The summed E-state index contributed by atoms with van der Waals surface area (Å²) < 4.78 is 5.24. The maximum Gasteiger partial charge on any atom is 0.140 e. The van der Waals surface area contributed by atoms with Crippen LogP contribution >= 0.6 is 0 Å². The van der Waals surface area contributed by atoms with Crippen molar-refractivity contribution >= 4 is 5.82 Å². The Kier molecular flexibility index (Phi) is 3.00. The Balaban J connectivity index is 2.26. The van der Waals surface area contributed by atoms with Crippen molar-refractivity contribution in [2.75, 3.05) is 12.8 Å². The quantitative estimate of drug-likeness (QED) is 0.845. The second-order valence-corrected chi connectivity index (χ2v) is 3.42. The lowest BCUT2D eigenvalue weighted by molar-refractivity contribution is 0.408. The predicted octanol–water partition coefficient (Wildman–Crippen LogP) is 1.66. The van der Waals surface area contributed by atoms with Gasteiger partial charge in [0.05, 0.1) is 12.8 Å². The van der Waals surface area contributed by atoms with Crippen LogP contribution in [0.5, 0.6) is 5.75 Å². The minimum atomic E-state index is 0.521. The molecule has 0 radical (unpaired) electrons. The molecule has 0 bridgehead atoms. The Bertz CT molecular complexity index is 485. The first-order valence-corrected chi connectivity index (χ1v) is 4.98. The lowest BCUT2D eigenvalue weighted by Crippen LogP contribution is -1.98. The summed E-state index contributed by atoms with van der Waals surface area (Å²) in [4.78, 5) is 8.24. The van der Waals surface area contributed by atoms with Crippen molar-refractivity contribution < 1.29 is 4.74 Å². The fourth-order valence-electron chi connectivity index (χ4n) is 1.54. The van der Waals surface area contributed by atoms with Gasteiger partial charge < -0.3 is 10.5 Å². The average molecular weight is 215 g/mol. The zero-order valence-electron chi connectivity index (χ0n) is 9.05. The molecule has 0 fully saturated rings. The molecule has 0 amide bonds. The number of hydrogen-bond acceptors (Lipinski definition) is 4. The predicted molar refractivity (Wildman–Crippen MR) is 62.2 cm³/mol. The van der Waals surface area contributed by atoms with Gasteiger partial charge in [-0.2, -0.15) is 0 Å². The first-order chi connectivity index (χ1) is 7.79. The van der Waals surface area contributed by atoms with E-state index in [1.54, 1.807) is 19.5 Å². The van der Waals surface area contributed by atoms with Gasteiger partial charge in [-0.15, -0.1) is 0 Å². The summed E-state index contributed by atoms with van der Waals surface area (Å²) in [6.07, 6.45) is 4.14. The summed E-state index contributed by atoms with van der Waals surface area (Å²) in [7, 11) is 1.64. The fourth-order valence-corrected chi connectivity index (χ4v) is 1.54. The third kappa shape index (κ3) is 2.28. The van der Waals surface area contributed by atoms with Crippen LogP contribution in [-0.2, 0) is 6.42 Å². The van der Waals surface area contributed by atoms with Gasteiger partial charge in [-0.25, -0.2) is 4.98 Å². The maximum absolute atomic E-state index is 5.62. The molecule has 2 aromatic rings. The van der Waals surface area contributed by atoms with Gasteiger partial charge in [0, 0.05) is 18.8 Å². The molecule has 0 aliphatic heterocycles. The lowest BCUT2D eigenvalue weighted by Gasteiger charge is -2.06. The molecule has 82 valence electrons. The third-order valence-electron chi connectivity index (χ3n) is 2.29. The average Bonchev–Trinajstić information content (AvgIpc) is 2.30. The van der Waals surface area contributed by atoms with E-state index in [0.29, 0.717) is 12.2 Å². The van der Waals surface area contributed by atoms with Gasteiger partial charge in [0.15, 0.2) is 0 Å². The molecule has 0 atom stereocenters. The molecule has 2 rings (SSSR count). The highest BCUT2D eigenvalue weighted by molar-refractivity contribution is 5.37. The van der Waals surface area contributed by atoms with Gasteiger partial charge in [-0.05, 0) is 29.8 Å². The van der Waals surface area contributed by atoms with Crippen molar-refractivity contribution in [3.8, 4) is 5.75 Å². The minimum absolute atomic E-state index is 0.521. The number of nitrogen functional groups attached to an aromatic ring is 1. The van der Waals surface area contributed by atoms with Crippen molar-refractivity contribution in [3.05, 3.63) is 47.9 Å². The number of hydrogen-bond donors (Lipinski definition) is 1. The molecule has 0 unspecified atom stereocenters. The van der Waals surface area contributed by atoms with Gasteiger partial charge in [0.2, 0.25) is 0 Å². The molecule has 0 spiro atoms. The fraction of sp³-hybridized carbons (Fsp3) is 0.167. The molecular weight excluding hydrogens is 202 g/mol. The molecule has 2 heterocycles. The maximum atomic E-state index is 5.62. The smallest absolute Gasteiger partial charge is 0.140 e. The Labute approximate surface area is 94.1 Å². The van der Waals surface area contributed by atoms with E-state index in [2.05, 4.69) is 9.97 Å². The second kappa shape index (κ2) is 4.61. The summed E-state index contributed by atoms with van der Waals surface area (Å²) in [5.41, 5.74) is 7.59. The van der Waals surface area contributed by atoms with Crippen LogP contribution in [0, 0.1) is 0 Å². The summed E-state index contributed by atoms with van der Waals surface area (Å²) in [5.74, 6) is 1.31. The number of rotatable bonds is 3. The SMILES string of the molecule is COc1cccnc1Cc1ccnc(N)c1. The largest absolute Gasteiger partial charge is 0.495 e. The van der Waals surface area contributed by atoms with E-state index in [0.717, 1.165) is 17.0 Å². The number of methoxy groups -OCH3 is 1. The molecule has 0 aliphatic rings. The van der Waals surface area contributed by atoms with Crippen LogP contribution in [0.15, 0.2) is 36.7 Å². The van der Waals surface area contributed by atoms with Crippen molar-refractivity contribution in [3.63, 3.8) is 0 Å². The van der Waals surface area contributed by atoms with E-state index in [9.17, 15) is 0 Å². The molecule has 0 aliphatic carbocycles. The topological polar surface area (TPSA) is 61.0 Å².